The molecular formula is C13H22N4. The van der Waals surface area contributed by atoms with Gasteiger partial charge in [0.25, 0.3) is 0 Å². The van der Waals surface area contributed by atoms with E-state index in [0.717, 1.165) is 30.6 Å². The molecule has 17 heavy (non-hydrogen) atoms. The third-order valence-electron chi connectivity index (χ3n) is 3.51. The first kappa shape index (κ1) is 12.3. The van der Waals surface area contributed by atoms with Crippen molar-refractivity contribution in [1.29, 1.82) is 0 Å². The molecule has 0 radical (unpaired) electrons. The first-order valence-electron chi connectivity index (χ1n) is 6.47. The average Bonchev–Trinajstić information content (AvgIpc) is 2.27. The van der Waals surface area contributed by atoms with Crippen LogP contribution in [0.2, 0.25) is 0 Å². The van der Waals surface area contributed by atoms with E-state index in [1.807, 2.05) is 19.3 Å². The molecule has 1 aromatic rings. The number of rotatable bonds is 6. The van der Waals surface area contributed by atoms with Crippen molar-refractivity contribution in [2.24, 2.45) is 5.92 Å². The summed E-state index contributed by atoms with van der Waals surface area (Å²) < 4.78 is 0. The molecule has 1 saturated carbocycles. The molecule has 4 heteroatoms. The normalized spacial score (nSPS) is 15.6. The molecule has 94 valence electrons. The number of nitrogens with one attached hydrogen (secondary N) is 1. The second-order valence-corrected chi connectivity index (χ2v) is 4.87. The topological polar surface area (TPSA) is 41.1 Å². The molecule has 0 aliphatic heterocycles. The molecule has 0 saturated heterocycles. The van der Waals surface area contributed by atoms with Gasteiger partial charge in [-0.3, -0.25) is 0 Å². The standard InChI is InChI=1S/C13H22N4/c1-14-10-12-15-8-6-13(16-12)17(2)9-7-11-4-3-5-11/h6,8,11,14H,3-5,7,9-10H2,1-2H3. The molecule has 0 amide bonds. The van der Waals surface area contributed by atoms with Gasteiger partial charge in [0.1, 0.15) is 11.6 Å². The Hall–Kier alpha value is -1.16. The van der Waals surface area contributed by atoms with Crippen LogP contribution in [0.25, 0.3) is 0 Å². The molecule has 0 unspecified atom stereocenters. The minimum absolute atomic E-state index is 0.726. The van der Waals surface area contributed by atoms with Crippen LogP contribution in [0.3, 0.4) is 0 Å². The Morgan fingerprint density at radius 1 is 1.47 bits per heavy atom. The summed E-state index contributed by atoms with van der Waals surface area (Å²) in [6.45, 7) is 1.82. The lowest BCUT2D eigenvalue weighted by Gasteiger charge is -2.28. The third-order valence-corrected chi connectivity index (χ3v) is 3.51. The van der Waals surface area contributed by atoms with Gasteiger partial charge in [-0.1, -0.05) is 19.3 Å². The van der Waals surface area contributed by atoms with E-state index >= 15 is 0 Å². The molecule has 0 bridgehead atoms. The summed E-state index contributed by atoms with van der Waals surface area (Å²) in [5.41, 5.74) is 0. The molecule has 0 aromatic carbocycles. The largest absolute Gasteiger partial charge is 0.360 e. The van der Waals surface area contributed by atoms with E-state index in [9.17, 15) is 0 Å². The molecule has 1 fully saturated rings. The summed E-state index contributed by atoms with van der Waals surface area (Å²) in [4.78, 5) is 11.0. The molecule has 1 N–H and O–H groups in total. The molecule has 0 atom stereocenters. The van der Waals surface area contributed by atoms with Gasteiger partial charge in [0, 0.05) is 19.8 Å². The van der Waals surface area contributed by atoms with Crippen LogP contribution in [0, 0.1) is 5.92 Å². The zero-order chi connectivity index (χ0) is 12.1. The Balaban J connectivity index is 1.87. The smallest absolute Gasteiger partial charge is 0.144 e. The maximum absolute atomic E-state index is 4.54. The summed E-state index contributed by atoms with van der Waals surface area (Å²) in [5.74, 6) is 2.85. The molecule has 1 aliphatic carbocycles. The summed E-state index contributed by atoms with van der Waals surface area (Å²) in [5, 5.41) is 3.08. The van der Waals surface area contributed by atoms with Gasteiger partial charge in [-0.05, 0) is 25.5 Å². The Kier molecular flexibility index (Phi) is 4.31. The highest BCUT2D eigenvalue weighted by atomic mass is 15.2. The van der Waals surface area contributed by atoms with Crippen molar-refractivity contribution in [3.63, 3.8) is 0 Å². The van der Waals surface area contributed by atoms with Crippen LogP contribution in [-0.2, 0) is 6.54 Å². The first-order chi connectivity index (χ1) is 8.29. The highest BCUT2D eigenvalue weighted by molar-refractivity contribution is 5.36. The van der Waals surface area contributed by atoms with Gasteiger partial charge in [0.05, 0.1) is 6.54 Å². The van der Waals surface area contributed by atoms with Crippen molar-refractivity contribution in [1.82, 2.24) is 15.3 Å². The lowest BCUT2D eigenvalue weighted by Crippen LogP contribution is -2.25. The van der Waals surface area contributed by atoms with Crippen molar-refractivity contribution in [3.05, 3.63) is 18.1 Å². The van der Waals surface area contributed by atoms with Gasteiger partial charge in [0.15, 0.2) is 0 Å². The van der Waals surface area contributed by atoms with Gasteiger partial charge in [-0.15, -0.1) is 0 Å². The second-order valence-electron chi connectivity index (χ2n) is 4.87. The van der Waals surface area contributed by atoms with Gasteiger partial charge in [-0.2, -0.15) is 0 Å². The molecular weight excluding hydrogens is 212 g/mol. The van der Waals surface area contributed by atoms with E-state index in [1.165, 1.54) is 25.7 Å². The molecule has 4 nitrogen and oxygen atoms in total. The fourth-order valence-corrected chi connectivity index (χ4v) is 2.12. The van der Waals surface area contributed by atoms with E-state index in [-0.39, 0.29) is 0 Å². The van der Waals surface area contributed by atoms with E-state index in [2.05, 4.69) is 27.2 Å². The van der Waals surface area contributed by atoms with Crippen molar-refractivity contribution in [2.45, 2.75) is 32.2 Å². The molecule has 1 aromatic heterocycles. The van der Waals surface area contributed by atoms with Crippen molar-refractivity contribution in [3.8, 4) is 0 Å². The van der Waals surface area contributed by atoms with Crippen LogP contribution in [0.1, 0.15) is 31.5 Å². The van der Waals surface area contributed by atoms with Crippen molar-refractivity contribution >= 4 is 5.82 Å². The first-order valence-corrected chi connectivity index (χ1v) is 6.47. The van der Waals surface area contributed by atoms with Gasteiger partial charge >= 0.3 is 0 Å². The molecule has 1 heterocycles. The number of nitrogens with zero attached hydrogens (tertiary/aromatic N) is 3. The summed E-state index contributed by atoms with van der Waals surface area (Å²) in [6.07, 6.45) is 7.40. The average molecular weight is 234 g/mol. The van der Waals surface area contributed by atoms with Gasteiger partial charge in [0.2, 0.25) is 0 Å². The minimum atomic E-state index is 0.726. The summed E-state index contributed by atoms with van der Waals surface area (Å²) in [7, 11) is 4.03. The predicted molar refractivity (Wildman–Crippen MR) is 70.0 cm³/mol. The van der Waals surface area contributed by atoms with Crippen LogP contribution in [-0.4, -0.2) is 30.6 Å². The molecule has 0 spiro atoms. The van der Waals surface area contributed by atoms with Crippen LogP contribution in [0.15, 0.2) is 12.3 Å². The number of anilines is 1. The van der Waals surface area contributed by atoms with E-state index in [0.29, 0.717) is 0 Å². The fourth-order valence-electron chi connectivity index (χ4n) is 2.12. The SMILES string of the molecule is CNCc1nccc(N(C)CCC2CCC2)n1. The van der Waals surface area contributed by atoms with E-state index in [4.69, 9.17) is 0 Å². The number of aromatic nitrogens is 2. The Labute approximate surface area is 103 Å². The van der Waals surface area contributed by atoms with Crippen LogP contribution >= 0.6 is 0 Å². The minimum Gasteiger partial charge on any atom is -0.360 e. The predicted octanol–water partition coefficient (Wildman–Crippen LogP) is 1.82. The lowest BCUT2D eigenvalue weighted by molar-refractivity contribution is 0.299. The fraction of sp³-hybridized carbons (Fsp3) is 0.692. The molecule has 2 rings (SSSR count). The Morgan fingerprint density at radius 2 is 2.29 bits per heavy atom. The van der Waals surface area contributed by atoms with E-state index < -0.39 is 0 Å². The summed E-state index contributed by atoms with van der Waals surface area (Å²) >= 11 is 0. The Bertz CT molecular complexity index is 349. The van der Waals surface area contributed by atoms with Crippen LogP contribution in [0.5, 0.6) is 0 Å². The van der Waals surface area contributed by atoms with Gasteiger partial charge in [-0.25, -0.2) is 9.97 Å². The maximum Gasteiger partial charge on any atom is 0.144 e. The lowest BCUT2D eigenvalue weighted by atomic mass is 9.83. The van der Waals surface area contributed by atoms with Gasteiger partial charge < -0.3 is 10.2 Å². The monoisotopic (exact) mass is 234 g/mol. The maximum atomic E-state index is 4.54. The zero-order valence-electron chi connectivity index (χ0n) is 10.8. The number of hydrogen-bond acceptors (Lipinski definition) is 4. The van der Waals surface area contributed by atoms with E-state index in [1.54, 1.807) is 0 Å². The highest BCUT2D eigenvalue weighted by Crippen LogP contribution is 2.29. The van der Waals surface area contributed by atoms with Crippen LogP contribution in [0.4, 0.5) is 5.82 Å². The van der Waals surface area contributed by atoms with Crippen molar-refractivity contribution in [2.75, 3.05) is 25.5 Å². The second kappa shape index (κ2) is 5.96. The molecule has 1 aliphatic rings. The van der Waals surface area contributed by atoms with Crippen molar-refractivity contribution < 1.29 is 0 Å². The number of hydrogen-bond donors (Lipinski definition) is 1. The Morgan fingerprint density at radius 3 is 2.94 bits per heavy atom. The quantitative estimate of drug-likeness (QED) is 0.815. The third kappa shape index (κ3) is 3.40. The van der Waals surface area contributed by atoms with Crippen LogP contribution < -0.4 is 10.2 Å². The highest BCUT2D eigenvalue weighted by Gasteiger charge is 2.17. The summed E-state index contributed by atoms with van der Waals surface area (Å²) in [6, 6.07) is 1.99. The zero-order valence-corrected chi connectivity index (χ0v) is 10.8.